The minimum Gasteiger partial charge on any atom is -0.0767 e. The van der Waals surface area contributed by atoms with E-state index < -0.39 is 0 Å². The fourth-order valence-corrected chi connectivity index (χ4v) is 1.85. The number of rotatable bonds is 2. The van der Waals surface area contributed by atoms with Gasteiger partial charge in [0.1, 0.15) is 0 Å². The molecule has 0 nitrogen and oxygen atoms in total. The van der Waals surface area contributed by atoms with Crippen molar-refractivity contribution in [2.24, 2.45) is 11.8 Å². The predicted molar refractivity (Wildman–Crippen MR) is 45.9 cm³/mol. The zero-order chi connectivity index (χ0) is 7.72. The third-order valence-corrected chi connectivity index (χ3v) is 2.22. The van der Waals surface area contributed by atoms with Gasteiger partial charge in [-0.1, -0.05) is 25.0 Å². The first-order valence-corrected chi connectivity index (χ1v) is 4.30. The van der Waals surface area contributed by atoms with Crippen molar-refractivity contribution in [2.75, 3.05) is 0 Å². The Hall–Kier alpha value is -0.260. The van der Waals surface area contributed by atoms with E-state index >= 15 is 0 Å². The lowest BCUT2D eigenvalue weighted by Gasteiger charge is -2.12. The smallest absolute Gasteiger partial charge is 0.0198 e. The maximum atomic E-state index is 2.31. The highest BCUT2D eigenvalue weighted by molar-refractivity contribution is 5.19. The molecule has 10 heavy (non-hydrogen) atoms. The average molecular weight is 138 g/mol. The topological polar surface area (TPSA) is 0 Å². The lowest BCUT2D eigenvalue weighted by Crippen LogP contribution is -1.98. The van der Waals surface area contributed by atoms with Gasteiger partial charge in [0.2, 0.25) is 0 Å². The van der Waals surface area contributed by atoms with E-state index in [1.807, 2.05) is 0 Å². The summed E-state index contributed by atoms with van der Waals surface area (Å²) in [6.45, 7) is 9.10. The van der Waals surface area contributed by atoms with Gasteiger partial charge in [-0.05, 0) is 38.5 Å². The lowest BCUT2D eigenvalue weighted by atomic mass is 9.94. The number of allylic oxidation sites excluding steroid dienone is 2. The molecule has 0 atom stereocenters. The molecule has 0 aromatic carbocycles. The van der Waals surface area contributed by atoms with Crippen LogP contribution in [0.15, 0.2) is 11.1 Å². The van der Waals surface area contributed by atoms with Gasteiger partial charge in [-0.3, -0.25) is 0 Å². The van der Waals surface area contributed by atoms with Crippen LogP contribution in [0.3, 0.4) is 0 Å². The van der Waals surface area contributed by atoms with E-state index in [1.54, 1.807) is 11.1 Å². The highest BCUT2D eigenvalue weighted by Crippen LogP contribution is 2.41. The van der Waals surface area contributed by atoms with Crippen LogP contribution in [-0.4, -0.2) is 0 Å². The average Bonchev–Trinajstić information content (AvgIpc) is 2.46. The standard InChI is InChI=1S/C10H18/c1-7(2)10(8(3)4)9-5-6-9/h7,9H,5-6H2,1-4H3. The Bertz CT molecular complexity index is 139. The Morgan fingerprint density at radius 1 is 1.20 bits per heavy atom. The van der Waals surface area contributed by atoms with Crippen molar-refractivity contribution in [3.05, 3.63) is 11.1 Å². The van der Waals surface area contributed by atoms with Gasteiger partial charge in [0.15, 0.2) is 0 Å². The Kier molecular flexibility index (Phi) is 2.18. The van der Waals surface area contributed by atoms with Gasteiger partial charge < -0.3 is 0 Å². The van der Waals surface area contributed by atoms with Gasteiger partial charge in [-0.25, -0.2) is 0 Å². The van der Waals surface area contributed by atoms with Crippen LogP contribution in [0.5, 0.6) is 0 Å². The zero-order valence-corrected chi connectivity index (χ0v) is 7.57. The maximum Gasteiger partial charge on any atom is -0.0198 e. The third-order valence-electron chi connectivity index (χ3n) is 2.22. The molecule has 0 heteroatoms. The van der Waals surface area contributed by atoms with Crippen LogP contribution in [0.25, 0.3) is 0 Å². The Labute approximate surface area is 64.3 Å². The van der Waals surface area contributed by atoms with Gasteiger partial charge >= 0.3 is 0 Å². The first-order chi connectivity index (χ1) is 4.63. The summed E-state index contributed by atoms with van der Waals surface area (Å²) in [5.74, 6) is 1.74. The fraction of sp³-hybridized carbons (Fsp3) is 0.800. The quantitative estimate of drug-likeness (QED) is 0.513. The molecule has 0 aromatic rings. The summed E-state index contributed by atoms with van der Waals surface area (Å²) in [4.78, 5) is 0. The second-order valence-corrected chi connectivity index (χ2v) is 3.88. The summed E-state index contributed by atoms with van der Waals surface area (Å²) in [5.41, 5.74) is 3.28. The highest BCUT2D eigenvalue weighted by Gasteiger charge is 2.27. The molecule has 0 unspecified atom stereocenters. The Morgan fingerprint density at radius 2 is 1.70 bits per heavy atom. The highest BCUT2D eigenvalue weighted by atomic mass is 14.3. The van der Waals surface area contributed by atoms with E-state index in [4.69, 9.17) is 0 Å². The largest absolute Gasteiger partial charge is 0.0767 e. The number of hydrogen-bond acceptors (Lipinski definition) is 0. The maximum absolute atomic E-state index is 2.31. The summed E-state index contributed by atoms with van der Waals surface area (Å²) in [6.07, 6.45) is 2.89. The molecular formula is C10H18. The molecule has 1 aliphatic carbocycles. The van der Waals surface area contributed by atoms with Gasteiger partial charge in [0.25, 0.3) is 0 Å². The molecule has 0 aliphatic heterocycles. The normalized spacial score (nSPS) is 17.7. The van der Waals surface area contributed by atoms with Crippen molar-refractivity contribution < 1.29 is 0 Å². The monoisotopic (exact) mass is 138 g/mol. The predicted octanol–water partition coefficient (Wildman–Crippen LogP) is 3.39. The molecule has 1 saturated carbocycles. The van der Waals surface area contributed by atoms with Crippen molar-refractivity contribution in [1.82, 2.24) is 0 Å². The molecule has 0 radical (unpaired) electrons. The van der Waals surface area contributed by atoms with Gasteiger partial charge in [0, 0.05) is 0 Å². The fourth-order valence-electron chi connectivity index (χ4n) is 1.85. The van der Waals surface area contributed by atoms with Crippen molar-refractivity contribution in [2.45, 2.75) is 40.5 Å². The zero-order valence-electron chi connectivity index (χ0n) is 7.57. The molecule has 1 aliphatic rings. The molecule has 0 bridgehead atoms. The second-order valence-electron chi connectivity index (χ2n) is 3.88. The van der Waals surface area contributed by atoms with E-state index in [1.165, 1.54) is 12.8 Å². The minimum absolute atomic E-state index is 0.775. The number of hydrogen-bond donors (Lipinski definition) is 0. The van der Waals surface area contributed by atoms with E-state index in [-0.39, 0.29) is 0 Å². The molecule has 1 fully saturated rings. The minimum atomic E-state index is 0.775. The Balaban J connectivity index is 2.68. The molecule has 58 valence electrons. The molecular weight excluding hydrogens is 120 g/mol. The van der Waals surface area contributed by atoms with Crippen molar-refractivity contribution >= 4 is 0 Å². The van der Waals surface area contributed by atoms with Crippen molar-refractivity contribution in [3.8, 4) is 0 Å². The lowest BCUT2D eigenvalue weighted by molar-refractivity contribution is 0.691. The third kappa shape index (κ3) is 1.62. The van der Waals surface area contributed by atoms with E-state index in [2.05, 4.69) is 27.7 Å². The Morgan fingerprint density at radius 3 is 1.80 bits per heavy atom. The summed E-state index contributed by atoms with van der Waals surface area (Å²) >= 11 is 0. The van der Waals surface area contributed by atoms with Crippen molar-refractivity contribution in [1.29, 1.82) is 0 Å². The molecule has 0 spiro atoms. The van der Waals surface area contributed by atoms with Crippen LogP contribution in [0.2, 0.25) is 0 Å². The van der Waals surface area contributed by atoms with Crippen LogP contribution in [0.4, 0.5) is 0 Å². The van der Waals surface area contributed by atoms with Gasteiger partial charge in [-0.2, -0.15) is 0 Å². The van der Waals surface area contributed by atoms with Crippen LogP contribution in [0, 0.1) is 11.8 Å². The molecule has 0 saturated heterocycles. The molecule has 0 heterocycles. The molecule has 1 rings (SSSR count). The van der Waals surface area contributed by atoms with Crippen molar-refractivity contribution in [3.63, 3.8) is 0 Å². The van der Waals surface area contributed by atoms with Crippen LogP contribution in [-0.2, 0) is 0 Å². The first-order valence-electron chi connectivity index (χ1n) is 4.30. The summed E-state index contributed by atoms with van der Waals surface area (Å²) in [5, 5.41) is 0. The molecule has 0 aromatic heterocycles. The SMILES string of the molecule is CC(C)=C(C(C)C)C1CC1. The summed E-state index contributed by atoms with van der Waals surface area (Å²) in [7, 11) is 0. The molecule has 0 N–H and O–H groups in total. The van der Waals surface area contributed by atoms with Gasteiger partial charge in [-0.15, -0.1) is 0 Å². The van der Waals surface area contributed by atoms with Crippen LogP contribution >= 0.6 is 0 Å². The van der Waals surface area contributed by atoms with Gasteiger partial charge in [0.05, 0.1) is 0 Å². The molecule has 0 amide bonds. The second kappa shape index (κ2) is 2.77. The van der Waals surface area contributed by atoms with E-state index in [0.717, 1.165) is 11.8 Å². The van der Waals surface area contributed by atoms with Crippen LogP contribution < -0.4 is 0 Å². The first kappa shape index (κ1) is 7.84. The van der Waals surface area contributed by atoms with E-state index in [9.17, 15) is 0 Å². The summed E-state index contributed by atoms with van der Waals surface area (Å²) < 4.78 is 0. The summed E-state index contributed by atoms with van der Waals surface area (Å²) in [6, 6.07) is 0. The van der Waals surface area contributed by atoms with E-state index in [0.29, 0.717) is 0 Å². The van der Waals surface area contributed by atoms with Crippen LogP contribution in [0.1, 0.15) is 40.5 Å².